The fraction of sp³-hybridized carbons (Fsp3) is 0.579. The fourth-order valence-electron chi connectivity index (χ4n) is 3.42. The standard InChI is InChI=1S/C19H28N4O2S/c1-21(2)11-12-22-10-8-20-18(22)15-5-4-9-23(13-15)19(24)17-7-6-16(25-17)14-26-3/h6-8,10,15H,4-5,9,11-14H2,1-3H3. The van der Waals surface area contributed by atoms with Crippen molar-refractivity contribution in [2.75, 3.05) is 40.0 Å². The third kappa shape index (κ3) is 4.51. The van der Waals surface area contributed by atoms with E-state index in [-0.39, 0.29) is 11.8 Å². The predicted octanol–water partition coefficient (Wildman–Crippen LogP) is 2.92. The number of hydrogen-bond donors (Lipinski definition) is 0. The highest BCUT2D eigenvalue weighted by atomic mass is 32.2. The number of aromatic nitrogens is 2. The minimum atomic E-state index is -0.00606. The smallest absolute Gasteiger partial charge is 0.289 e. The van der Waals surface area contributed by atoms with E-state index in [1.54, 1.807) is 17.8 Å². The molecule has 0 N–H and O–H groups in total. The first kappa shape index (κ1) is 19.0. The number of carbonyl (C=O) groups excluding carboxylic acids is 1. The van der Waals surface area contributed by atoms with Crippen LogP contribution < -0.4 is 0 Å². The molecule has 26 heavy (non-hydrogen) atoms. The molecule has 7 heteroatoms. The van der Waals surface area contributed by atoms with Gasteiger partial charge in [0, 0.05) is 44.5 Å². The molecule has 1 aliphatic heterocycles. The molecule has 6 nitrogen and oxygen atoms in total. The fourth-order valence-corrected chi connectivity index (χ4v) is 3.86. The number of likely N-dealkylation sites (tertiary alicyclic amines) is 1. The molecule has 1 atom stereocenters. The summed E-state index contributed by atoms with van der Waals surface area (Å²) in [6.07, 6.45) is 8.00. The molecule has 0 saturated carbocycles. The zero-order valence-electron chi connectivity index (χ0n) is 15.9. The Morgan fingerprint density at radius 3 is 3.04 bits per heavy atom. The summed E-state index contributed by atoms with van der Waals surface area (Å²) in [6, 6.07) is 3.70. The lowest BCUT2D eigenvalue weighted by Crippen LogP contribution is -2.39. The van der Waals surface area contributed by atoms with Gasteiger partial charge in [-0.3, -0.25) is 4.79 Å². The second-order valence-corrected chi connectivity index (χ2v) is 7.94. The maximum Gasteiger partial charge on any atom is 0.289 e. The number of imidazole rings is 1. The van der Waals surface area contributed by atoms with Gasteiger partial charge < -0.3 is 18.8 Å². The highest BCUT2D eigenvalue weighted by molar-refractivity contribution is 7.97. The highest BCUT2D eigenvalue weighted by Crippen LogP contribution is 2.27. The van der Waals surface area contributed by atoms with Gasteiger partial charge in [0.15, 0.2) is 5.76 Å². The number of amides is 1. The lowest BCUT2D eigenvalue weighted by Gasteiger charge is -2.32. The van der Waals surface area contributed by atoms with Crippen molar-refractivity contribution in [3.8, 4) is 0 Å². The second kappa shape index (κ2) is 8.77. The minimum Gasteiger partial charge on any atom is -0.455 e. The highest BCUT2D eigenvalue weighted by Gasteiger charge is 2.29. The third-order valence-electron chi connectivity index (χ3n) is 4.77. The topological polar surface area (TPSA) is 54.5 Å². The van der Waals surface area contributed by atoms with Crippen LogP contribution >= 0.6 is 11.8 Å². The first-order valence-corrected chi connectivity index (χ1v) is 10.5. The lowest BCUT2D eigenvalue weighted by atomic mass is 9.97. The van der Waals surface area contributed by atoms with Crippen LogP contribution in [-0.2, 0) is 12.3 Å². The quantitative estimate of drug-likeness (QED) is 0.744. The molecule has 0 aromatic carbocycles. The van der Waals surface area contributed by atoms with Gasteiger partial charge in [-0.2, -0.15) is 11.8 Å². The molecule has 3 heterocycles. The van der Waals surface area contributed by atoms with E-state index in [2.05, 4.69) is 28.5 Å². The van der Waals surface area contributed by atoms with Crippen LogP contribution in [0.2, 0.25) is 0 Å². The molecule has 0 radical (unpaired) electrons. The zero-order chi connectivity index (χ0) is 18.5. The van der Waals surface area contributed by atoms with E-state index < -0.39 is 0 Å². The van der Waals surface area contributed by atoms with Crippen molar-refractivity contribution in [2.24, 2.45) is 0 Å². The maximum absolute atomic E-state index is 12.8. The molecule has 1 unspecified atom stereocenters. The number of rotatable bonds is 7. The van der Waals surface area contributed by atoms with E-state index in [9.17, 15) is 4.79 Å². The molecular weight excluding hydrogens is 348 g/mol. The maximum atomic E-state index is 12.8. The first-order valence-electron chi connectivity index (χ1n) is 9.11. The van der Waals surface area contributed by atoms with Crippen molar-refractivity contribution in [3.63, 3.8) is 0 Å². The van der Waals surface area contributed by atoms with E-state index >= 15 is 0 Å². The number of piperidine rings is 1. The molecule has 1 fully saturated rings. The molecule has 2 aromatic rings. The zero-order valence-corrected chi connectivity index (χ0v) is 16.7. The van der Waals surface area contributed by atoms with E-state index in [1.807, 2.05) is 29.6 Å². The summed E-state index contributed by atoms with van der Waals surface area (Å²) in [6.45, 7) is 3.38. The first-order chi connectivity index (χ1) is 12.6. The molecule has 0 aliphatic carbocycles. The molecule has 2 aromatic heterocycles. The summed E-state index contributed by atoms with van der Waals surface area (Å²) in [7, 11) is 4.15. The summed E-state index contributed by atoms with van der Waals surface area (Å²) in [5.74, 6) is 3.46. The van der Waals surface area contributed by atoms with E-state index in [4.69, 9.17) is 4.42 Å². The SMILES string of the molecule is CSCc1ccc(C(=O)N2CCCC(c3nccn3CCN(C)C)C2)o1. The summed E-state index contributed by atoms with van der Waals surface area (Å²) in [4.78, 5) is 21.5. The Hall–Kier alpha value is -1.73. The summed E-state index contributed by atoms with van der Waals surface area (Å²) < 4.78 is 7.94. The van der Waals surface area contributed by atoms with Gasteiger partial charge in [-0.15, -0.1) is 0 Å². The van der Waals surface area contributed by atoms with E-state index in [0.717, 1.165) is 49.8 Å². The van der Waals surface area contributed by atoms with Crippen LogP contribution in [0.4, 0.5) is 0 Å². The normalized spacial score (nSPS) is 17.8. The molecule has 1 aliphatic rings. The third-order valence-corrected chi connectivity index (χ3v) is 5.34. The molecule has 0 bridgehead atoms. The minimum absolute atomic E-state index is 0.00606. The van der Waals surface area contributed by atoms with Gasteiger partial charge in [-0.1, -0.05) is 0 Å². The number of furan rings is 1. The van der Waals surface area contributed by atoms with Gasteiger partial charge in [0.25, 0.3) is 5.91 Å². The van der Waals surface area contributed by atoms with Crippen LogP contribution in [0.1, 0.15) is 40.9 Å². The van der Waals surface area contributed by atoms with E-state index in [1.165, 1.54) is 0 Å². The Balaban J connectivity index is 1.67. The molecule has 3 rings (SSSR count). The van der Waals surface area contributed by atoms with Crippen molar-refractivity contribution in [3.05, 3.63) is 41.9 Å². The molecule has 0 spiro atoms. The predicted molar refractivity (Wildman–Crippen MR) is 105 cm³/mol. The van der Waals surface area contributed by atoms with E-state index in [0.29, 0.717) is 12.3 Å². The lowest BCUT2D eigenvalue weighted by molar-refractivity contribution is 0.0669. The molecule has 142 valence electrons. The van der Waals surface area contributed by atoms with Crippen molar-refractivity contribution in [1.29, 1.82) is 0 Å². The summed E-state index contributed by atoms with van der Waals surface area (Å²) >= 11 is 1.69. The number of hydrogen-bond acceptors (Lipinski definition) is 5. The van der Waals surface area contributed by atoms with Gasteiger partial charge >= 0.3 is 0 Å². The Kier molecular flexibility index (Phi) is 6.43. The van der Waals surface area contributed by atoms with Crippen LogP contribution in [0.3, 0.4) is 0 Å². The summed E-state index contributed by atoms with van der Waals surface area (Å²) in [5, 5.41) is 0. The number of thioether (sulfide) groups is 1. The van der Waals surface area contributed by atoms with Crippen LogP contribution in [0.5, 0.6) is 0 Å². The van der Waals surface area contributed by atoms with Gasteiger partial charge in [0.1, 0.15) is 11.6 Å². The average Bonchev–Trinajstić information content (AvgIpc) is 3.29. The molecular formula is C19H28N4O2S. The number of carbonyl (C=O) groups is 1. The van der Waals surface area contributed by atoms with Crippen molar-refractivity contribution < 1.29 is 9.21 Å². The Morgan fingerprint density at radius 1 is 1.42 bits per heavy atom. The molecule has 1 amide bonds. The monoisotopic (exact) mass is 376 g/mol. The van der Waals surface area contributed by atoms with Gasteiger partial charge in [0.2, 0.25) is 0 Å². The Labute approximate surface area is 159 Å². The van der Waals surface area contributed by atoms with Crippen LogP contribution in [0.25, 0.3) is 0 Å². The van der Waals surface area contributed by atoms with Crippen molar-refractivity contribution in [1.82, 2.24) is 19.4 Å². The largest absolute Gasteiger partial charge is 0.455 e. The Bertz CT molecular complexity index is 725. The van der Waals surface area contributed by atoms with Gasteiger partial charge in [-0.05, 0) is 45.3 Å². The van der Waals surface area contributed by atoms with Crippen molar-refractivity contribution >= 4 is 17.7 Å². The average molecular weight is 377 g/mol. The van der Waals surface area contributed by atoms with Crippen molar-refractivity contribution in [2.45, 2.75) is 31.1 Å². The van der Waals surface area contributed by atoms with Gasteiger partial charge in [0.05, 0.1) is 5.75 Å². The Morgan fingerprint density at radius 2 is 2.27 bits per heavy atom. The van der Waals surface area contributed by atoms with Crippen LogP contribution in [-0.4, -0.2) is 65.2 Å². The molecule has 1 saturated heterocycles. The van der Waals surface area contributed by atoms with Crippen LogP contribution in [0, 0.1) is 0 Å². The number of likely N-dealkylation sites (N-methyl/N-ethyl adjacent to an activating group) is 1. The number of nitrogens with zero attached hydrogens (tertiary/aromatic N) is 4. The van der Waals surface area contributed by atoms with Crippen LogP contribution in [0.15, 0.2) is 28.9 Å². The van der Waals surface area contributed by atoms with Gasteiger partial charge in [-0.25, -0.2) is 4.98 Å². The summed E-state index contributed by atoms with van der Waals surface area (Å²) in [5.41, 5.74) is 0. The second-order valence-electron chi connectivity index (χ2n) is 7.07.